The zero-order chi connectivity index (χ0) is 26.9. The molecule has 7 nitrogen and oxygen atoms in total. The molecule has 10 heteroatoms. The fraction of sp³-hybridized carbons (Fsp3) is 0.462. The molecule has 1 N–H and O–H groups in total. The summed E-state index contributed by atoms with van der Waals surface area (Å²) in [5.41, 5.74) is 1.21. The minimum Gasteiger partial charge on any atom is -0.354 e. The van der Waals surface area contributed by atoms with Gasteiger partial charge in [0.1, 0.15) is 6.04 Å². The van der Waals surface area contributed by atoms with Crippen LogP contribution in [0.3, 0.4) is 0 Å². The van der Waals surface area contributed by atoms with Gasteiger partial charge in [0.05, 0.1) is 11.9 Å². The van der Waals surface area contributed by atoms with Crippen LogP contribution in [0.5, 0.6) is 0 Å². The fourth-order valence-corrected chi connectivity index (χ4v) is 5.05. The van der Waals surface area contributed by atoms with Gasteiger partial charge >= 0.3 is 0 Å². The molecule has 2 amide bonds. The zero-order valence-corrected chi connectivity index (χ0v) is 23.5. The van der Waals surface area contributed by atoms with Gasteiger partial charge in [-0.3, -0.25) is 13.9 Å². The van der Waals surface area contributed by atoms with E-state index in [2.05, 4.69) is 5.32 Å². The minimum atomic E-state index is -3.57. The van der Waals surface area contributed by atoms with Gasteiger partial charge in [-0.05, 0) is 54.7 Å². The van der Waals surface area contributed by atoms with Crippen LogP contribution in [0.1, 0.15) is 45.6 Å². The zero-order valence-electron chi connectivity index (χ0n) is 21.2. The molecule has 198 valence electrons. The number of nitrogens with zero attached hydrogens (tertiary/aromatic N) is 2. The first-order valence-corrected chi connectivity index (χ1v) is 14.6. The highest BCUT2D eigenvalue weighted by Gasteiger charge is 2.29. The lowest BCUT2D eigenvalue weighted by molar-refractivity contribution is -0.141. The predicted octanol–water partition coefficient (Wildman–Crippen LogP) is 5.12. The maximum atomic E-state index is 13.4. The number of nitrogens with one attached hydrogen (secondary N) is 1. The van der Waals surface area contributed by atoms with Gasteiger partial charge in [-0.15, -0.1) is 0 Å². The summed E-state index contributed by atoms with van der Waals surface area (Å²) >= 11 is 12.3. The van der Waals surface area contributed by atoms with Crippen LogP contribution >= 0.6 is 23.2 Å². The van der Waals surface area contributed by atoms with Crippen molar-refractivity contribution in [3.8, 4) is 0 Å². The molecule has 0 saturated carbocycles. The van der Waals surface area contributed by atoms with Crippen LogP contribution in [-0.4, -0.2) is 50.5 Å². The second-order valence-corrected chi connectivity index (χ2v) is 11.8. The lowest BCUT2D eigenvalue weighted by Crippen LogP contribution is -2.49. The van der Waals surface area contributed by atoms with E-state index in [0.29, 0.717) is 28.7 Å². The third-order valence-electron chi connectivity index (χ3n) is 5.64. The first-order valence-electron chi connectivity index (χ1n) is 12.0. The topological polar surface area (TPSA) is 86.8 Å². The Morgan fingerprint density at radius 3 is 2.22 bits per heavy atom. The number of benzene rings is 2. The standard InChI is InChI=1S/C26H35Cl2N3O4S/c1-5-24(26(33)29-17-19(2)3)30(18-20-9-6-7-10-23(20)28)25(32)11-8-16-31(36(4,34)35)22-14-12-21(27)13-15-22/h6-7,9-10,12-15,19,24H,5,8,11,16-18H2,1-4H3,(H,29,33)/t24-/m1/s1. The van der Waals surface area contributed by atoms with E-state index in [9.17, 15) is 18.0 Å². The summed E-state index contributed by atoms with van der Waals surface area (Å²) in [5.74, 6) is -0.189. The molecule has 0 bridgehead atoms. The van der Waals surface area contributed by atoms with Gasteiger partial charge in [-0.25, -0.2) is 8.42 Å². The molecule has 36 heavy (non-hydrogen) atoms. The maximum absolute atomic E-state index is 13.4. The van der Waals surface area contributed by atoms with Crippen LogP contribution in [0.25, 0.3) is 0 Å². The second kappa shape index (κ2) is 13.9. The third-order valence-corrected chi connectivity index (χ3v) is 7.45. The first-order chi connectivity index (χ1) is 16.9. The average Bonchev–Trinajstić information content (AvgIpc) is 2.81. The number of halogens is 2. The van der Waals surface area contributed by atoms with E-state index in [0.717, 1.165) is 11.8 Å². The van der Waals surface area contributed by atoms with E-state index < -0.39 is 16.1 Å². The molecule has 0 aliphatic heterocycles. The van der Waals surface area contributed by atoms with Crippen molar-refractivity contribution in [3.05, 3.63) is 64.1 Å². The molecule has 2 aromatic rings. The van der Waals surface area contributed by atoms with Crippen molar-refractivity contribution in [3.63, 3.8) is 0 Å². The molecule has 0 heterocycles. The van der Waals surface area contributed by atoms with Crippen molar-refractivity contribution < 1.29 is 18.0 Å². The highest BCUT2D eigenvalue weighted by atomic mass is 35.5. The molecule has 0 fully saturated rings. The summed E-state index contributed by atoms with van der Waals surface area (Å²) < 4.78 is 26.1. The second-order valence-electron chi connectivity index (χ2n) is 9.09. The van der Waals surface area contributed by atoms with E-state index in [1.165, 1.54) is 4.31 Å². The van der Waals surface area contributed by atoms with Crippen molar-refractivity contribution in [1.29, 1.82) is 0 Å². The van der Waals surface area contributed by atoms with E-state index in [-0.39, 0.29) is 43.7 Å². The van der Waals surface area contributed by atoms with Crippen LogP contribution in [0, 0.1) is 5.92 Å². The Morgan fingerprint density at radius 1 is 1.03 bits per heavy atom. The molecule has 2 rings (SSSR count). The largest absolute Gasteiger partial charge is 0.354 e. The molecule has 2 aromatic carbocycles. The smallest absolute Gasteiger partial charge is 0.242 e. The third kappa shape index (κ3) is 8.98. The quantitative estimate of drug-likeness (QED) is 0.371. The van der Waals surface area contributed by atoms with E-state index in [4.69, 9.17) is 23.2 Å². The SMILES string of the molecule is CC[C@H](C(=O)NCC(C)C)N(Cc1ccccc1Cl)C(=O)CCCN(c1ccc(Cl)cc1)S(C)(=O)=O. The minimum absolute atomic E-state index is 0.0675. The number of hydrogen-bond acceptors (Lipinski definition) is 4. The number of carbonyl (C=O) groups is 2. The van der Waals surface area contributed by atoms with Crippen LogP contribution in [0.2, 0.25) is 10.0 Å². The Kier molecular flexibility index (Phi) is 11.5. The van der Waals surface area contributed by atoms with Crippen LogP contribution in [-0.2, 0) is 26.2 Å². The highest BCUT2D eigenvalue weighted by Crippen LogP contribution is 2.23. The van der Waals surface area contributed by atoms with Gasteiger partial charge < -0.3 is 10.2 Å². The van der Waals surface area contributed by atoms with Crippen molar-refractivity contribution >= 4 is 50.7 Å². The normalized spacial score (nSPS) is 12.3. The highest BCUT2D eigenvalue weighted by molar-refractivity contribution is 7.92. The lowest BCUT2D eigenvalue weighted by Gasteiger charge is -2.31. The Hall–Kier alpha value is -2.29. The monoisotopic (exact) mass is 555 g/mol. The van der Waals surface area contributed by atoms with Gasteiger partial charge in [0, 0.05) is 36.1 Å². The summed E-state index contributed by atoms with van der Waals surface area (Å²) in [6.45, 7) is 6.66. The van der Waals surface area contributed by atoms with Crippen molar-refractivity contribution in [2.75, 3.05) is 23.7 Å². The van der Waals surface area contributed by atoms with E-state index in [1.807, 2.05) is 32.9 Å². The number of carbonyl (C=O) groups excluding carboxylic acids is 2. The molecular formula is C26H35Cl2N3O4S. The van der Waals surface area contributed by atoms with Crippen molar-refractivity contribution in [2.24, 2.45) is 5.92 Å². The lowest BCUT2D eigenvalue weighted by atomic mass is 10.1. The Bertz CT molecular complexity index is 1120. The van der Waals surface area contributed by atoms with Gasteiger partial charge in [0.15, 0.2) is 0 Å². The molecule has 0 spiro atoms. The van der Waals surface area contributed by atoms with Gasteiger partial charge in [-0.2, -0.15) is 0 Å². The molecule has 0 aliphatic rings. The number of amides is 2. The summed E-state index contributed by atoms with van der Waals surface area (Å²) in [6, 6.07) is 13.0. The molecule has 1 atom stereocenters. The number of rotatable bonds is 13. The Balaban J connectivity index is 2.21. The summed E-state index contributed by atoms with van der Waals surface area (Å²) in [7, 11) is -3.57. The van der Waals surface area contributed by atoms with E-state index in [1.54, 1.807) is 41.3 Å². The number of hydrogen-bond donors (Lipinski definition) is 1. The summed E-state index contributed by atoms with van der Waals surface area (Å²) in [4.78, 5) is 28.0. The Labute approximate surface area is 224 Å². The predicted molar refractivity (Wildman–Crippen MR) is 147 cm³/mol. The maximum Gasteiger partial charge on any atom is 0.242 e. The van der Waals surface area contributed by atoms with Crippen LogP contribution in [0.15, 0.2) is 48.5 Å². The van der Waals surface area contributed by atoms with Crippen LogP contribution < -0.4 is 9.62 Å². The molecule has 0 aromatic heterocycles. The van der Waals surface area contributed by atoms with Gasteiger partial charge in [0.2, 0.25) is 21.8 Å². The van der Waals surface area contributed by atoms with Crippen molar-refractivity contribution in [2.45, 2.75) is 52.6 Å². The first kappa shape index (κ1) is 29.9. The summed E-state index contributed by atoms with van der Waals surface area (Å²) in [5, 5.41) is 3.94. The van der Waals surface area contributed by atoms with Crippen molar-refractivity contribution in [1.82, 2.24) is 10.2 Å². The molecule has 0 saturated heterocycles. The van der Waals surface area contributed by atoms with Crippen LogP contribution in [0.4, 0.5) is 5.69 Å². The number of sulfonamides is 1. The van der Waals surface area contributed by atoms with Gasteiger partial charge in [0.25, 0.3) is 0 Å². The van der Waals surface area contributed by atoms with E-state index >= 15 is 0 Å². The average molecular weight is 557 g/mol. The Morgan fingerprint density at radius 2 is 1.67 bits per heavy atom. The summed E-state index contributed by atoms with van der Waals surface area (Å²) in [6.07, 6.45) is 1.90. The fourth-order valence-electron chi connectivity index (χ4n) is 3.76. The van der Waals surface area contributed by atoms with Gasteiger partial charge in [-0.1, -0.05) is 62.2 Å². The molecule has 0 unspecified atom stereocenters. The molecule has 0 aliphatic carbocycles. The molecule has 0 radical (unpaired) electrons. The molecular weight excluding hydrogens is 521 g/mol. The number of anilines is 1.